The summed E-state index contributed by atoms with van der Waals surface area (Å²) in [5.74, 6) is 0.981. The third-order valence-electron chi connectivity index (χ3n) is 4.90. The number of hydrogen-bond donors (Lipinski definition) is 1. The van der Waals surface area contributed by atoms with Crippen molar-refractivity contribution in [1.29, 1.82) is 0 Å². The van der Waals surface area contributed by atoms with Gasteiger partial charge in [0.15, 0.2) is 8.32 Å². The molecule has 1 N–H and O–H groups in total. The molecule has 2 atom stereocenters. The summed E-state index contributed by atoms with van der Waals surface area (Å²) in [5.41, 5.74) is 3.88. The number of para-hydroxylation sites is 1. The maximum atomic E-state index is 6.23. The van der Waals surface area contributed by atoms with Crippen LogP contribution in [0.3, 0.4) is 0 Å². The van der Waals surface area contributed by atoms with Gasteiger partial charge in [-0.15, -0.1) is 0 Å². The zero-order valence-electron chi connectivity index (χ0n) is 16.5. The average Bonchev–Trinajstić information content (AvgIpc) is 3.15. The standard InChI is InChI=1S/C21H30N2O2Si/c1-16-19(15-25-26(3,4)5)22-18(21-12-9-13-24-21)14-20(16)23(2)17-10-7-6-8-11-17/h6-13,18-19,22H,14-15H2,1-5H3/t18-,19-/m1/s1. The summed E-state index contributed by atoms with van der Waals surface area (Å²) in [6.45, 7) is 9.62. The van der Waals surface area contributed by atoms with Crippen LogP contribution in [-0.2, 0) is 4.43 Å². The first-order valence-electron chi connectivity index (χ1n) is 9.27. The van der Waals surface area contributed by atoms with Gasteiger partial charge in [-0.3, -0.25) is 5.32 Å². The molecule has 4 nitrogen and oxygen atoms in total. The first-order valence-corrected chi connectivity index (χ1v) is 12.7. The van der Waals surface area contributed by atoms with Gasteiger partial charge in [0.25, 0.3) is 0 Å². The minimum absolute atomic E-state index is 0.157. The van der Waals surface area contributed by atoms with Gasteiger partial charge >= 0.3 is 0 Å². The smallest absolute Gasteiger partial charge is 0.183 e. The molecule has 0 fully saturated rings. The number of furan rings is 1. The van der Waals surface area contributed by atoms with Crippen molar-refractivity contribution in [3.8, 4) is 0 Å². The van der Waals surface area contributed by atoms with Gasteiger partial charge in [0, 0.05) is 24.9 Å². The van der Waals surface area contributed by atoms with Crippen molar-refractivity contribution in [1.82, 2.24) is 5.32 Å². The SMILES string of the molecule is CC1=C(N(C)c2ccccc2)C[C@H](c2ccco2)N[C@@H]1CO[Si](C)(C)C. The molecule has 0 unspecified atom stereocenters. The molecular formula is C21H30N2O2Si. The van der Waals surface area contributed by atoms with E-state index in [2.05, 4.69) is 80.2 Å². The first kappa shape index (κ1) is 19.0. The molecule has 0 radical (unpaired) electrons. The van der Waals surface area contributed by atoms with E-state index in [9.17, 15) is 0 Å². The van der Waals surface area contributed by atoms with Crippen molar-refractivity contribution in [3.63, 3.8) is 0 Å². The fourth-order valence-corrected chi connectivity index (χ4v) is 4.04. The van der Waals surface area contributed by atoms with Crippen LogP contribution in [0, 0.1) is 0 Å². The second-order valence-electron chi connectivity index (χ2n) is 7.94. The molecule has 1 aliphatic heterocycles. The Hall–Kier alpha value is -1.82. The molecule has 5 heteroatoms. The van der Waals surface area contributed by atoms with Crippen LogP contribution < -0.4 is 10.2 Å². The van der Waals surface area contributed by atoms with Gasteiger partial charge in [0.1, 0.15) is 5.76 Å². The predicted octanol–water partition coefficient (Wildman–Crippen LogP) is 4.94. The highest BCUT2D eigenvalue weighted by Crippen LogP contribution is 2.34. The summed E-state index contributed by atoms with van der Waals surface area (Å²) in [7, 11) is 0.576. The average molecular weight is 371 g/mol. The van der Waals surface area contributed by atoms with E-state index in [4.69, 9.17) is 8.84 Å². The molecule has 140 valence electrons. The van der Waals surface area contributed by atoms with Crippen molar-refractivity contribution in [2.45, 2.75) is 45.1 Å². The number of rotatable bonds is 6. The van der Waals surface area contributed by atoms with Crippen molar-refractivity contribution in [2.75, 3.05) is 18.6 Å². The van der Waals surface area contributed by atoms with Gasteiger partial charge in [0.2, 0.25) is 0 Å². The molecule has 1 aromatic carbocycles. The molecule has 3 rings (SSSR count). The van der Waals surface area contributed by atoms with E-state index in [-0.39, 0.29) is 12.1 Å². The number of benzene rings is 1. The molecule has 26 heavy (non-hydrogen) atoms. The van der Waals surface area contributed by atoms with Crippen molar-refractivity contribution >= 4 is 14.0 Å². The van der Waals surface area contributed by atoms with E-state index in [1.165, 1.54) is 17.0 Å². The minimum atomic E-state index is -1.57. The molecule has 0 spiro atoms. The van der Waals surface area contributed by atoms with Crippen LogP contribution in [0.5, 0.6) is 0 Å². The lowest BCUT2D eigenvalue weighted by Gasteiger charge is -2.38. The second kappa shape index (κ2) is 7.82. The molecule has 0 bridgehead atoms. The van der Waals surface area contributed by atoms with E-state index in [0.29, 0.717) is 6.61 Å². The molecule has 0 aliphatic carbocycles. The maximum Gasteiger partial charge on any atom is 0.183 e. The largest absolute Gasteiger partial charge is 0.468 e. The van der Waals surface area contributed by atoms with Crippen LogP contribution in [0.15, 0.2) is 64.4 Å². The van der Waals surface area contributed by atoms with Gasteiger partial charge in [-0.25, -0.2) is 0 Å². The van der Waals surface area contributed by atoms with Crippen LogP contribution >= 0.6 is 0 Å². The number of nitrogens with zero attached hydrogens (tertiary/aromatic N) is 1. The third kappa shape index (κ3) is 4.47. The van der Waals surface area contributed by atoms with E-state index in [1.807, 2.05) is 6.07 Å². The summed E-state index contributed by atoms with van der Waals surface area (Å²) in [4.78, 5) is 2.30. The fourth-order valence-electron chi connectivity index (χ4n) is 3.37. The number of nitrogens with one attached hydrogen (secondary N) is 1. The second-order valence-corrected chi connectivity index (χ2v) is 12.5. The van der Waals surface area contributed by atoms with E-state index >= 15 is 0 Å². The van der Waals surface area contributed by atoms with Gasteiger partial charge in [-0.05, 0) is 56.4 Å². The van der Waals surface area contributed by atoms with Crippen LogP contribution in [-0.4, -0.2) is 28.0 Å². The van der Waals surface area contributed by atoms with Crippen molar-refractivity contribution in [2.24, 2.45) is 0 Å². The van der Waals surface area contributed by atoms with Crippen LogP contribution in [0.2, 0.25) is 19.6 Å². The lowest BCUT2D eigenvalue weighted by Crippen LogP contribution is -2.45. The zero-order chi connectivity index (χ0) is 18.7. The Balaban J connectivity index is 1.89. The first-order chi connectivity index (χ1) is 12.3. The Kier molecular flexibility index (Phi) is 5.70. The molecule has 0 amide bonds. The highest BCUT2D eigenvalue weighted by atomic mass is 28.4. The molecule has 0 saturated carbocycles. The van der Waals surface area contributed by atoms with Crippen molar-refractivity contribution in [3.05, 3.63) is 65.8 Å². The maximum absolute atomic E-state index is 6.23. The van der Waals surface area contributed by atoms with Gasteiger partial charge in [0.05, 0.1) is 25.0 Å². The molecule has 2 heterocycles. The summed E-state index contributed by atoms with van der Waals surface area (Å²) in [5, 5.41) is 3.73. The Morgan fingerprint density at radius 1 is 1.15 bits per heavy atom. The molecule has 1 aliphatic rings. The fraction of sp³-hybridized carbons (Fsp3) is 0.429. The number of anilines is 1. The van der Waals surface area contributed by atoms with Crippen molar-refractivity contribution < 1.29 is 8.84 Å². The molecule has 2 aromatic rings. The summed E-state index contributed by atoms with van der Waals surface area (Å²) < 4.78 is 11.9. The van der Waals surface area contributed by atoms with Gasteiger partial charge in [-0.1, -0.05) is 18.2 Å². The predicted molar refractivity (Wildman–Crippen MR) is 110 cm³/mol. The van der Waals surface area contributed by atoms with Crippen LogP contribution in [0.25, 0.3) is 0 Å². The van der Waals surface area contributed by atoms with Gasteiger partial charge in [-0.2, -0.15) is 0 Å². The Bertz CT molecular complexity index is 735. The van der Waals surface area contributed by atoms with E-state index in [1.54, 1.807) is 6.26 Å². The van der Waals surface area contributed by atoms with E-state index < -0.39 is 8.32 Å². The Labute approximate surface area is 158 Å². The van der Waals surface area contributed by atoms with Crippen LogP contribution in [0.4, 0.5) is 5.69 Å². The zero-order valence-corrected chi connectivity index (χ0v) is 17.5. The summed E-state index contributed by atoms with van der Waals surface area (Å²) in [6, 6.07) is 14.9. The lowest BCUT2D eigenvalue weighted by atomic mass is 9.93. The summed E-state index contributed by atoms with van der Waals surface area (Å²) in [6.07, 6.45) is 2.64. The van der Waals surface area contributed by atoms with Gasteiger partial charge < -0.3 is 13.7 Å². The highest BCUT2D eigenvalue weighted by molar-refractivity contribution is 6.69. The molecular weight excluding hydrogens is 340 g/mol. The Morgan fingerprint density at radius 3 is 2.50 bits per heavy atom. The van der Waals surface area contributed by atoms with Crippen LogP contribution in [0.1, 0.15) is 25.1 Å². The Morgan fingerprint density at radius 2 is 1.88 bits per heavy atom. The lowest BCUT2D eigenvalue weighted by molar-refractivity contribution is 0.246. The highest BCUT2D eigenvalue weighted by Gasteiger charge is 2.31. The minimum Gasteiger partial charge on any atom is -0.468 e. The molecule has 1 aromatic heterocycles. The normalized spacial score (nSPS) is 21.1. The summed E-state index contributed by atoms with van der Waals surface area (Å²) >= 11 is 0. The third-order valence-corrected chi connectivity index (χ3v) is 5.93. The molecule has 0 saturated heterocycles. The number of hydrogen-bond acceptors (Lipinski definition) is 4. The quantitative estimate of drug-likeness (QED) is 0.731. The monoisotopic (exact) mass is 370 g/mol. The van der Waals surface area contributed by atoms with E-state index in [0.717, 1.165) is 12.2 Å². The topological polar surface area (TPSA) is 37.6 Å².